The fraction of sp³-hybridized carbons (Fsp3) is 0.308. The van der Waals surface area contributed by atoms with Crippen molar-refractivity contribution in [2.45, 2.75) is 6.04 Å². The van der Waals surface area contributed by atoms with Crippen molar-refractivity contribution in [3.63, 3.8) is 0 Å². The number of methoxy groups -OCH3 is 1. The lowest BCUT2D eigenvalue weighted by molar-refractivity contribution is 0.402. The Kier molecular flexibility index (Phi) is 4.50. The average molecular weight is 345 g/mol. The molecule has 0 radical (unpaired) electrons. The van der Waals surface area contributed by atoms with E-state index < -0.39 is 0 Å². The monoisotopic (exact) mass is 343 g/mol. The van der Waals surface area contributed by atoms with E-state index in [2.05, 4.69) is 26.3 Å². The average Bonchev–Trinajstić information content (AvgIpc) is 2.74. The number of benzene rings is 1. The second-order valence-electron chi connectivity index (χ2n) is 4.11. The van der Waals surface area contributed by atoms with Crippen molar-refractivity contribution < 1.29 is 4.74 Å². The van der Waals surface area contributed by atoms with Crippen LogP contribution >= 0.6 is 27.5 Å². The molecule has 19 heavy (non-hydrogen) atoms. The third-order valence-corrected chi connectivity index (χ3v) is 3.83. The van der Waals surface area contributed by atoms with Gasteiger partial charge >= 0.3 is 0 Å². The summed E-state index contributed by atoms with van der Waals surface area (Å²) in [7, 11) is 5.40. The lowest BCUT2D eigenvalue weighted by Crippen LogP contribution is -2.21. The van der Waals surface area contributed by atoms with Gasteiger partial charge in [-0.05, 0) is 24.7 Å². The standard InChI is InChI=1S/C13H15BrClN3O/c1-16-12(9-5-4-8(14)6-10(9)15)13-11(19-3)7-17-18(13)2/h4-7,12,16H,1-3H3. The lowest BCUT2D eigenvalue weighted by Gasteiger charge is -2.19. The summed E-state index contributed by atoms with van der Waals surface area (Å²) in [6.07, 6.45) is 1.70. The van der Waals surface area contributed by atoms with Crippen molar-refractivity contribution in [3.05, 3.63) is 45.1 Å². The number of nitrogens with one attached hydrogen (secondary N) is 1. The van der Waals surface area contributed by atoms with Crippen molar-refractivity contribution in [1.82, 2.24) is 15.1 Å². The van der Waals surface area contributed by atoms with E-state index in [0.29, 0.717) is 5.02 Å². The number of nitrogens with zero attached hydrogens (tertiary/aromatic N) is 2. The molecule has 2 rings (SSSR count). The first-order valence-corrected chi connectivity index (χ1v) is 6.93. The van der Waals surface area contributed by atoms with Gasteiger partial charge in [0.2, 0.25) is 0 Å². The molecule has 2 aromatic rings. The van der Waals surface area contributed by atoms with E-state index >= 15 is 0 Å². The molecule has 6 heteroatoms. The van der Waals surface area contributed by atoms with Gasteiger partial charge in [0.25, 0.3) is 0 Å². The lowest BCUT2D eigenvalue weighted by atomic mass is 10.0. The summed E-state index contributed by atoms with van der Waals surface area (Å²) >= 11 is 9.74. The third-order valence-electron chi connectivity index (χ3n) is 3.00. The van der Waals surface area contributed by atoms with Crippen LogP contribution in [0.15, 0.2) is 28.9 Å². The highest BCUT2D eigenvalue weighted by Gasteiger charge is 2.23. The van der Waals surface area contributed by atoms with Crippen LogP contribution in [0.1, 0.15) is 17.3 Å². The van der Waals surface area contributed by atoms with E-state index in [-0.39, 0.29) is 6.04 Å². The highest BCUT2D eigenvalue weighted by Crippen LogP contribution is 2.34. The van der Waals surface area contributed by atoms with Gasteiger partial charge < -0.3 is 10.1 Å². The Morgan fingerprint density at radius 2 is 2.21 bits per heavy atom. The third kappa shape index (κ3) is 2.78. The minimum absolute atomic E-state index is 0.0805. The van der Waals surface area contributed by atoms with Crippen LogP contribution in [0.3, 0.4) is 0 Å². The highest BCUT2D eigenvalue weighted by molar-refractivity contribution is 9.10. The summed E-state index contributed by atoms with van der Waals surface area (Å²) in [4.78, 5) is 0. The first-order chi connectivity index (χ1) is 9.08. The molecule has 0 saturated heterocycles. The van der Waals surface area contributed by atoms with Crippen LogP contribution in [-0.4, -0.2) is 23.9 Å². The summed E-state index contributed by atoms with van der Waals surface area (Å²) in [5.41, 5.74) is 1.92. The second kappa shape index (κ2) is 5.94. The molecule has 0 fully saturated rings. The SMILES string of the molecule is CNC(c1ccc(Br)cc1Cl)c1c(OC)cnn1C. The van der Waals surface area contributed by atoms with E-state index in [9.17, 15) is 0 Å². The number of aromatic nitrogens is 2. The zero-order chi connectivity index (χ0) is 14.0. The molecular formula is C13H15BrClN3O. The molecule has 0 aliphatic carbocycles. The van der Waals surface area contributed by atoms with E-state index in [1.165, 1.54) is 0 Å². The second-order valence-corrected chi connectivity index (χ2v) is 5.43. The Morgan fingerprint density at radius 1 is 1.47 bits per heavy atom. The van der Waals surface area contributed by atoms with Crippen LogP contribution in [-0.2, 0) is 7.05 Å². The predicted octanol–water partition coefficient (Wildman–Crippen LogP) is 3.15. The predicted molar refractivity (Wildman–Crippen MR) is 79.8 cm³/mol. The number of ether oxygens (including phenoxy) is 1. The van der Waals surface area contributed by atoms with Gasteiger partial charge in [-0.15, -0.1) is 0 Å². The molecule has 0 bridgehead atoms. The molecule has 0 saturated carbocycles. The smallest absolute Gasteiger partial charge is 0.161 e. The van der Waals surface area contributed by atoms with Crippen molar-refractivity contribution in [1.29, 1.82) is 0 Å². The molecule has 1 N–H and O–H groups in total. The molecule has 0 amide bonds. The Bertz CT molecular complexity index is 585. The first kappa shape index (κ1) is 14.4. The summed E-state index contributed by atoms with van der Waals surface area (Å²) < 4.78 is 8.10. The Morgan fingerprint density at radius 3 is 2.79 bits per heavy atom. The zero-order valence-electron chi connectivity index (χ0n) is 10.9. The molecule has 1 heterocycles. The number of aryl methyl sites for hydroxylation is 1. The normalized spacial score (nSPS) is 12.5. The van der Waals surface area contributed by atoms with Crippen LogP contribution in [0.4, 0.5) is 0 Å². The number of rotatable bonds is 4. The van der Waals surface area contributed by atoms with Gasteiger partial charge in [-0.2, -0.15) is 5.10 Å². The van der Waals surface area contributed by atoms with Crippen molar-refractivity contribution in [2.75, 3.05) is 14.2 Å². The Balaban J connectivity index is 2.52. The first-order valence-electron chi connectivity index (χ1n) is 5.76. The highest BCUT2D eigenvalue weighted by atomic mass is 79.9. The molecule has 1 aromatic carbocycles. The van der Waals surface area contributed by atoms with Gasteiger partial charge in [0.05, 0.1) is 19.3 Å². The molecule has 1 atom stereocenters. The molecular weight excluding hydrogens is 330 g/mol. The summed E-state index contributed by atoms with van der Waals surface area (Å²) in [5.74, 6) is 0.737. The fourth-order valence-electron chi connectivity index (χ4n) is 2.09. The van der Waals surface area contributed by atoms with Crippen LogP contribution < -0.4 is 10.1 Å². The Hall–Kier alpha value is -1.04. The van der Waals surface area contributed by atoms with Crippen molar-refractivity contribution in [3.8, 4) is 5.75 Å². The van der Waals surface area contributed by atoms with E-state index in [0.717, 1.165) is 21.5 Å². The molecule has 0 spiro atoms. The molecule has 1 aromatic heterocycles. The van der Waals surface area contributed by atoms with Crippen molar-refractivity contribution in [2.24, 2.45) is 7.05 Å². The minimum Gasteiger partial charge on any atom is -0.493 e. The van der Waals surface area contributed by atoms with E-state index in [4.69, 9.17) is 16.3 Å². The van der Waals surface area contributed by atoms with Crippen LogP contribution in [0.25, 0.3) is 0 Å². The minimum atomic E-state index is -0.0805. The maximum absolute atomic E-state index is 6.33. The van der Waals surface area contributed by atoms with Gasteiger partial charge in [0, 0.05) is 16.5 Å². The van der Waals surface area contributed by atoms with Gasteiger partial charge in [0.15, 0.2) is 5.75 Å². The fourth-order valence-corrected chi connectivity index (χ4v) is 2.87. The maximum atomic E-state index is 6.33. The van der Waals surface area contributed by atoms with Gasteiger partial charge in [0.1, 0.15) is 5.69 Å². The molecule has 1 unspecified atom stereocenters. The zero-order valence-corrected chi connectivity index (χ0v) is 13.3. The van der Waals surface area contributed by atoms with Crippen LogP contribution in [0, 0.1) is 0 Å². The summed E-state index contributed by atoms with van der Waals surface area (Å²) in [5, 5.41) is 8.18. The van der Waals surface area contributed by atoms with E-state index in [1.54, 1.807) is 18.0 Å². The van der Waals surface area contributed by atoms with E-state index in [1.807, 2.05) is 32.3 Å². The number of hydrogen-bond donors (Lipinski definition) is 1. The Labute approximate surface area is 125 Å². The maximum Gasteiger partial charge on any atom is 0.161 e. The van der Waals surface area contributed by atoms with Gasteiger partial charge in [-0.25, -0.2) is 0 Å². The molecule has 102 valence electrons. The quantitative estimate of drug-likeness (QED) is 0.926. The summed E-state index contributed by atoms with van der Waals surface area (Å²) in [6, 6.07) is 5.75. The van der Waals surface area contributed by atoms with Gasteiger partial charge in [-0.3, -0.25) is 4.68 Å². The van der Waals surface area contributed by atoms with Crippen molar-refractivity contribution >= 4 is 27.5 Å². The molecule has 0 aliphatic rings. The molecule has 0 aliphatic heterocycles. The molecule has 4 nitrogen and oxygen atoms in total. The van der Waals surface area contributed by atoms with Gasteiger partial charge in [-0.1, -0.05) is 33.6 Å². The number of hydrogen-bond acceptors (Lipinski definition) is 3. The number of halogens is 2. The summed E-state index contributed by atoms with van der Waals surface area (Å²) in [6.45, 7) is 0. The topological polar surface area (TPSA) is 39.1 Å². The van der Waals surface area contributed by atoms with Crippen LogP contribution in [0.5, 0.6) is 5.75 Å². The van der Waals surface area contributed by atoms with Crippen LogP contribution in [0.2, 0.25) is 5.02 Å². The largest absolute Gasteiger partial charge is 0.493 e.